The van der Waals surface area contributed by atoms with Crippen molar-refractivity contribution < 1.29 is 17.6 Å². The van der Waals surface area contributed by atoms with Gasteiger partial charge in [0.25, 0.3) is 0 Å². The van der Waals surface area contributed by atoms with E-state index in [9.17, 15) is 17.6 Å². The minimum absolute atomic E-state index is 0.0647. The SMILES string of the molecule is CS(=O)(=O)NCC1CCCN(C(=O)Nc2ccccc2F)C1. The molecule has 1 atom stereocenters. The summed E-state index contributed by atoms with van der Waals surface area (Å²) in [5.41, 5.74) is 0.142. The number of anilines is 1. The maximum atomic E-state index is 13.5. The quantitative estimate of drug-likeness (QED) is 0.881. The highest BCUT2D eigenvalue weighted by Crippen LogP contribution is 2.18. The Bertz CT molecular complexity index is 636. The van der Waals surface area contributed by atoms with Crippen LogP contribution in [0, 0.1) is 11.7 Å². The van der Waals surface area contributed by atoms with Crippen molar-refractivity contribution in [2.75, 3.05) is 31.2 Å². The number of sulfonamides is 1. The highest BCUT2D eigenvalue weighted by atomic mass is 32.2. The smallest absolute Gasteiger partial charge is 0.321 e. The number of amides is 2. The molecule has 0 aliphatic carbocycles. The molecular formula is C14H20FN3O3S. The first-order valence-corrected chi connectivity index (χ1v) is 8.99. The zero-order valence-electron chi connectivity index (χ0n) is 12.4. The fourth-order valence-electron chi connectivity index (χ4n) is 2.44. The Kier molecular flexibility index (Phi) is 5.36. The molecule has 1 aromatic carbocycles. The number of carbonyl (C=O) groups is 1. The second-order valence-electron chi connectivity index (χ2n) is 5.48. The van der Waals surface area contributed by atoms with Crippen LogP contribution in [0.5, 0.6) is 0 Å². The molecule has 2 rings (SSSR count). The van der Waals surface area contributed by atoms with Crippen LogP contribution in [0.25, 0.3) is 0 Å². The molecule has 1 heterocycles. The zero-order chi connectivity index (χ0) is 16.2. The molecule has 1 unspecified atom stereocenters. The minimum atomic E-state index is -3.23. The van der Waals surface area contributed by atoms with Crippen molar-refractivity contribution in [1.82, 2.24) is 9.62 Å². The summed E-state index contributed by atoms with van der Waals surface area (Å²) in [7, 11) is -3.23. The van der Waals surface area contributed by atoms with E-state index in [1.54, 1.807) is 17.0 Å². The summed E-state index contributed by atoms with van der Waals surface area (Å²) in [5.74, 6) is -0.419. The molecule has 22 heavy (non-hydrogen) atoms. The molecule has 0 radical (unpaired) electrons. The molecule has 0 saturated carbocycles. The molecule has 6 nitrogen and oxygen atoms in total. The molecule has 1 aliphatic heterocycles. The van der Waals surface area contributed by atoms with Gasteiger partial charge in [0, 0.05) is 19.6 Å². The fourth-order valence-corrected chi connectivity index (χ4v) is 2.98. The van der Waals surface area contributed by atoms with Gasteiger partial charge in [-0.25, -0.2) is 22.3 Å². The number of rotatable bonds is 4. The molecule has 2 amide bonds. The molecule has 2 N–H and O–H groups in total. The Morgan fingerprint density at radius 3 is 2.82 bits per heavy atom. The molecule has 122 valence electrons. The maximum Gasteiger partial charge on any atom is 0.321 e. The van der Waals surface area contributed by atoms with Gasteiger partial charge in [0.05, 0.1) is 11.9 Å². The van der Waals surface area contributed by atoms with Crippen LogP contribution in [0.3, 0.4) is 0 Å². The van der Waals surface area contributed by atoms with Crippen molar-refractivity contribution in [1.29, 1.82) is 0 Å². The summed E-state index contributed by atoms with van der Waals surface area (Å²) in [6, 6.07) is 5.62. The number of hydrogen-bond donors (Lipinski definition) is 2. The number of halogens is 1. The first-order chi connectivity index (χ1) is 10.3. The van der Waals surface area contributed by atoms with E-state index in [1.807, 2.05) is 0 Å². The number of carbonyl (C=O) groups excluding carboxylic acids is 1. The Morgan fingerprint density at radius 1 is 1.41 bits per heavy atom. The van der Waals surface area contributed by atoms with Crippen molar-refractivity contribution in [2.45, 2.75) is 12.8 Å². The van der Waals surface area contributed by atoms with Crippen LogP contribution in [-0.2, 0) is 10.0 Å². The highest BCUT2D eigenvalue weighted by molar-refractivity contribution is 7.88. The standard InChI is InChI=1S/C14H20FN3O3S/c1-22(20,21)16-9-11-5-4-8-18(10-11)14(19)17-13-7-3-2-6-12(13)15/h2-3,6-7,11,16H,4-5,8-10H2,1H3,(H,17,19). The van der Waals surface area contributed by atoms with Gasteiger partial charge in [-0.1, -0.05) is 12.1 Å². The summed E-state index contributed by atoms with van der Waals surface area (Å²) in [5, 5.41) is 2.55. The first kappa shape index (κ1) is 16.7. The number of nitrogens with zero attached hydrogens (tertiary/aromatic N) is 1. The summed E-state index contributed by atoms with van der Waals surface area (Å²) >= 11 is 0. The van der Waals surface area contributed by atoms with Crippen LogP contribution in [0.1, 0.15) is 12.8 Å². The zero-order valence-corrected chi connectivity index (χ0v) is 13.2. The average molecular weight is 329 g/mol. The fraction of sp³-hybridized carbons (Fsp3) is 0.500. The predicted octanol–water partition coefficient (Wildman–Crippen LogP) is 1.62. The largest absolute Gasteiger partial charge is 0.324 e. The van der Waals surface area contributed by atoms with Crippen molar-refractivity contribution in [3.8, 4) is 0 Å². The van der Waals surface area contributed by atoms with Crippen LogP contribution >= 0.6 is 0 Å². The third kappa shape index (κ3) is 4.96. The van der Waals surface area contributed by atoms with Gasteiger partial charge < -0.3 is 10.2 Å². The Labute approximate surface area is 129 Å². The topological polar surface area (TPSA) is 78.5 Å². The van der Waals surface area contributed by atoms with Crippen LogP contribution in [0.15, 0.2) is 24.3 Å². The van der Waals surface area contributed by atoms with Gasteiger partial charge in [-0.3, -0.25) is 0 Å². The summed E-state index contributed by atoms with van der Waals surface area (Å²) in [6.45, 7) is 1.33. The number of nitrogens with one attached hydrogen (secondary N) is 2. The third-order valence-corrected chi connectivity index (χ3v) is 4.25. The van der Waals surface area contributed by atoms with E-state index in [-0.39, 0.29) is 17.6 Å². The van der Waals surface area contributed by atoms with Crippen LogP contribution < -0.4 is 10.0 Å². The molecule has 1 aromatic rings. The van der Waals surface area contributed by atoms with E-state index >= 15 is 0 Å². The van der Waals surface area contributed by atoms with E-state index < -0.39 is 15.8 Å². The van der Waals surface area contributed by atoms with Gasteiger partial charge in [0.1, 0.15) is 5.82 Å². The minimum Gasteiger partial charge on any atom is -0.324 e. The molecule has 0 spiro atoms. The third-order valence-electron chi connectivity index (χ3n) is 3.56. The number of para-hydroxylation sites is 1. The van der Waals surface area contributed by atoms with Gasteiger partial charge in [-0.2, -0.15) is 0 Å². The van der Waals surface area contributed by atoms with Gasteiger partial charge in [-0.15, -0.1) is 0 Å². The van der Waals surface area contributed by atoms with Crippen LogP contribution in [0.2, 0.25) is 0 Å². The number of likely N-dealkylation sites (tertiary alicyclic amines) is 1. The Hall–Kier alpha value is -1.67. The molecule has 8 heteroatoms. The number of benzene rings is 1. The number of hydrogen-bond acceptors (Lipinski definition) is 3. The van der Waals surface area contributed by atoms with E-state index in [2.05, 4.69) is 10.0 Å². The second kappa shape index (κ2) is 7.06. The van der Waals surface area contributed by atoms with Gasteiger partial charge in [0.15, 0.2) is 0 Å². The second-order valence-corrected chi connectivity index (χ2v) is 7.32. The Balaban J connectivity index is 1.91. The van der Waals surface area contributed by atoms with Crippen LogP contribution in [0.4, 0.5) is 14.9 Å². The van der Waals surface area contributed by atoms with Crippen molar-refractivity contribution in [2.24, 2.45) is 5.92 Å². The van der Waals surface area contributed by atoms with E-state index in [4.69, 9.17) is 0 Å². The van der Waals surface area contributed by atoms with E-state index in [1.165, 1.54) is 12.1 Å². The highest BCUT2D eigenvalue weighted by Gasteiger charge is 2.24. The number of urea groups is 1. The van der Waals surface area contributed by atoms with E-state index in [0.717, 1.165) is 19.1 Å². The molecular weight excluding hydrogens is 309 g/mol. The monoisotopic (exact) mass is 329 g/mol. The van der Waals surface area contributed by atoms with Crippen LogP contribution in [-0.4, -0.2) is 45.2 Å². The number of piperidine rings is 1. The lowest BCUT2D eigenvalue weighted by atomic mass is 9.99. The first-order valence-electron chi connectivity index (χ1n) is 7.10. The average Bonchev–Trinajstić information content (AvgIpc) is 2.47. The molecule has 0 aromatic heterocycles. The van der Waals surface area contributed by atoms with Crippen molar-refractivity contribution in [3.63, 3.8) is 0 Å². The van der Waals surface area contributed by atoms with Crippen molar-refractivity contribution >= 4 is 21.7 Å². The summed E-state index contributed by atoms with van der Waals surface area (Å²) < 4.78 is 38.2. The molecule has 1 saturated heterocycles. The summed E-state index contributed by atoms with van der Waals surface area (Å²) in [4.78, 5) is 13.8. The van der Waals surface area contributed by atoms with Gasteiger partial charge in [0.2, 0.25) is 10.0 Å². The normalized spacial score (nSPS) is 19.0. The van der Waals surface area contributed by atoms with Gasteiger partial charge in [-0.05, 0) is 30.9 Å². The molecule has 1 aliphatic rings. The van der Waals surface area contributed by atoms with Gasteiger partial charge >= 0.3 is 6.03 Å². The van der Waals surface area contributed by atoms with E-state index in [0.29, 0.717) is 19.6 Å². The maximum absolute atomic E-state index is 13.5. The Morgan fingerprint density at radius 2 is 2.14 bits per heavy atom. The summed E-state index contributed by atoms with van der Waals surface area (Å²) in [6.07, 6.45) is 2.76. The lowest BCUT2D eigenvalue weighted by Gasteiger charge is -2.32. The molecule has 0 bridgehead atoms. The molecule has 1 fully saturated rings. The lowest BCUT2D eigenvalue weighted by Crippen LogP contribution is -2.45. The van der Waals surface area contributed by atoms with Crippen molar-refractivity contribution in [3.05, 3.63) is 30.1 Å². The predicted molar refractivity (Wildman–Crippen MR) is 82.6 cm³/mol. The lowest BCUT2D eigenvalue weighted by molar-refractivity contribution is 0.178.